The van der Waals surface area contributed by atoms with Crippen LogP contribution in [-0.2, 0) is 6.54 Å². The van der Waals surface area contributed by atoms with E-state index in [0.29, 0.717) is 6.04 Å². The van der Waals surface area contributed by atoms with Gasteiger partial charge < -0.3 is 9.72 Å². The Labute approximate surface area is 131 Å². The zero-order valence-electron chi connectivity index (χ0n) is 11.6. The monoisotopic (exact) mass is 317 g/mol. The lowest BCUT2D eigenvalue weighted by Gasteiger charge is -2.05. The summed E-state index contributed by atoms with van der Waals surface area (Å²) in [6, 6.07) is 6.78. The van der Waals surface area contributed by atoms with Crippen LogP contribution >= 0.6 is 23.3 Å². The maximum absolute atomic E-state index is 4.74. The highest BCUT2D eigenvalue weighted by atomic mass is 32.2. The number of nitrogens with zero attached hydrogens (tertiary/aromatic N) is 4. The van der Waals surface area contributed by atoms with Gasteiger partial charge in [0.1, 0.15) is 16.5 Å². The number of hydrogen-bond donors (Lipinski definition) is 1. The number of rotatable bonds is 5. The number of aryl methyl sites for hydroxylation is 1. The van der Waals surface area contributed by atoms with E-state index in [2.05, 4.69) is 25.3 Å². The van der Waals surface area contributed by atoms with Gasteiger partial charge in [-0.25, -0.2) is 9.97 Å². The summed E-state index contributed by atoms with van der Waals surface area (Å²) in [5.41, 5.74) is 2.18. The third-order valence-corrected chi connectivity index (χ3v) is 5.28. The Morgan fingerprint density at radius 3 is 3.05 bits per heavy atom. The fourth-order valence-electron chi connectivity index (χ4n) is 2.20. The first-order valence-electron chi connectivity index (χ1n) is 6.97. The Kier molecular flexibility index (Phi) is 3.40. The minimum atomic E-state index is 0.681. The fraction of sp³-hybridized carbons (Fsp3) is 0.357. The van der Waals surface area contributed by atoms with Crippen molar-refractivity contribution >= 4 is 28.9 Å². The molecule has 0 atom stereocenters. The van der Waals surface area contributed by atoms with E-state index in [1.165, 1.54) is 30.1 Å². The molecule has 1 saturated carbocycles. The highest BCUT2D eigenvalue weighted by Crippen LogP contribution is 2.32. The maximum atomic E-state index is 4.74. The second-order valence-electron chi connectivity index (χ2n) is 5.16. The Hall–Kier alpha value is -1.44. The molecule has 5 nitrogen and oxygen atoms in total. The molecule has 1 aliphatic rings. The molecule has 1 N–H and O–H groups in total. The molecule has 108 valence electrons. The van der Waals surface area contributed by atoms with Crippen molar-refractivity contribution in [3.63, 3.8) is 0 Å². The highest BCUT2D eigenvalue weighted by Gasteiger charge is 2.22. The zero-order valence-corrected chi connectivity index (χ0v) is 13.2. The van der Waals surface area contributed by atoms with E-state index < -0.39 is 0 Å². The number of pyridine rings is 1. The summed E-state index contributed by atoms with van der Waals surface area (Å²) in [5, 5.41) is 4.59. The lowest BCUT2D eigenvalue weighted by atomic mass is 10.4. The van der Waals surface area contributed by atoms with Crippen molar-refractivity contribution in [2.24, 2.45) is 0 Å². The molecular formula is C14H15N5S2. The van der Waals surface area contributed by atoms with Crippen molar-refractivity contribution in [3.05, 3.63) is 35.9 Å². The third kappa shape index (κ3) is 2.81. The lowest BCUT2D eigenvalue weighted by molar-refractivity contribution is 0.661. The molecule has 3 aromatic rings. The summed E-state index contributed by atoms with van der Waals surface area (Å²) in [6.45, 7) is 2.76. The van der Waals surface area contributed by atoms with Crippen LogP contribution in [0, 0.1) is 6.92 Å². The number of aromatic nitrogens is 4. The van der Waals surface area contributed by atoms with Crippen molar-refractivity contribution in [1.82, 2.24) is 24.1 Å². The predicted octanol–water partition coefficient (Wildman–Crippen LogP) is 2.90. The largest absolute Gasteiger partial charge is 0.308 e. The van der Waals surface area contributed by atoms with Crippen molar-refractivity contribution in [3.8, 4) is 0 Å². The Bertz CT molecular complexity index is 775. The van der Waals surface area contributed by atoms with E-state index in [4.69, 9.17) is 4.98 Å². The molecule has 7 heteroatoms. The minimum absolute atomic E-state index is 0.681. The van der Waals surface area contributed by atoms with Crippen LogP contribution in [0.25, 0.3) is 5.65 Å². The molecule has 0 spiro atoms. The van der Waals surface area contributed by atoms with Crippen molar-refractivity contribution in [2.45, 2.75) is 41.7 Å². The quantitative estimate of drug-likeness (QED) is 0.784. The van der Waals surface area contributed by atoms with Crippen LogP contribution in [0.1, 0.15) is 24.4 Å². The Morgan fingerprint density at radius 2 is 2.29 bits per heavy atom. The molecule has 0 bridgehead atoms. The molecule has 21 heavy (non-hydrogen) atoms. The molecule has 3 heterocycles. The van der Waals surface area contributed by atoms with Gasteiger partial charge in [0.05, 0.1) is 5.69 Å². The zero-order chi connectivity index (χ0) is 14.2. The van der Waals surface area contributed by atoms with E-state index in [9.17, 15) is 0 Å². The fourth-order valence-corrected chi connectivity index (χ4v) is 3.89. The summed E-state index contributed by atoms with van der Waals surface area (Å²) in [5.74, 6) is 0.823. The third-order valence-electron chi connectivity index (χ3n) is 3.42. The first kappa shape index (κ1) is 13.2. The van der Waals surface area contributed by atoms with Gasteiger partial charge in [0.2, 0.25) is 0 Å². The van der Waals surface area contributed by atoms with Crippen LogP contribution in [-0.4, -0.2) is 24.8 Å². The van der Waals surface area contributed by atoms with E-state index in [-0.39, 0.29) is 0 Å². The van der Waals surface area contributed by atoms with E-state index in [1.807, 2.05) is 25.1 Å². The molecule has 1 aliphatic carbocycles. The van der Waals surface area contributed by atoms with E-state index >= 15 is 0 Å². The van der Waals surface area contributed by atoms with E-state index in [0.717, 1.165) is 27.4 Å². The molecular weight excluding hydrogens is 302 g/mol. The number of imidazole rings is 1. The van der Waals surface area contributed by atoms with Crippen LogP contribution < -0.4 is 5.32 Å². The Balaban J connectivity index is 1.69. The van der Waals surface area contributed by atoms with Gasteiger partial charge in [-0.1, -0.05) is 6.07 Å². The molecule has 0 radical (unpaired) electrons. The van der Waals surface area contributed by atoms with Crippen molar-refractivity contribution in [2.75, 3.05) is 0 Å². The summed E-state index contributed by atoms with van der Waals surface area (Å²) in [6.07, 6.45) is 4.64. The molecule has 0 unspecified atom stereocenters. The molecule has 0 amide bonds. The van der Waals surface area contributed by atoms with Crippen molar-refractivity contribution < 1.29 is 0 Å². The first-order chi connectivity index (χ1) is 10.3. The van der Waals surface area contributed by atoms with E-state index in [1.54, 1.807) is 11.8 Å². The normalized spacial score (nSPS) is 14.9. The van der Waals surface area contributed by atoms with Crippen LogP contribution in [0.4, 0.5) is 0 Å². The molecule has 0 aromatic carbocycles. The molecule has 3 aromatic heterocycles. The molecule has 0 saturated heterocycles. The van der Waals surface area contributed by atoms with Gasteiger partial charge in [-0.2, -0.15) is 4.37 Å². The number of hydrogen-bond acceptors (Lipinski definition) is 6. The SMILES string of the molecule is Cc1nsc(Sc2nc3ccccn3c2CNC2CC2)n1. The molecule has 1 fully saturated rings. The van der Waals surface area contributed by atoms with Crippen LogP contribution in [0.3, 0.4) is 0 Å². The maximum Gasteiger partial charge on any atom is 0.176 e. The summed E-state index contributed by atoms with van der Waals surface area (Å²) in [4.78, 5) is 9.17. The molecule has 4 rings (SSSR count). The topological polar surface area (TPSA) is 55.1 Å². The van der Waals surface area contributed by atoms with Crippen molar-refractivity contribution in [1.29, 1.82) is 0 Å². The predicted molar refractivity (Wildman–Crippen MR) is 83.8 cm³/mol. The van der Waals surface area contributed by atoms with Crippen LogP contribution in [0.15, 0.2) is 33.8 Å². The average Bonchev–Trinajstić information content (AvgIpc) is 3.13. The Morgan fingerprint density at radius 1 is 1.38 bits per heavy atom. The summed E-state index contributed by atoms with van der Waals surface area (Å²) >= 11 is 3.04. The summed E-state index contributed by atoms with van der Waals surface area (Å²) in [7, 11) is 0. The highest BCUT2D eigenvalue weighted by molar-refractivity contribution is 8.00. The van der Waals surface area contributed by atoms with Crippen LogP contribution in [0.2, 0.25) is 0 Å². The van der Waals surface area contributed by atoms with Gasteiger partial charge in [0, 0.05) is 18.8 Å². The average molecular weight is 317 g/mol. The number of fused-ring (bicyclic) bond motifs is 1. The lowest BCUT2D eigenvalue weighted by Crippen LogP contribution is -2.17. The summed E-state index contributed by atoms with van der Waals surface area (Å²) < 4.78 is 7.35. The minimum Gasteiger partial charge on any atom is -0.308 e. The second kappa shape index (κ2) is 5.40. The van der Waals surface area contributed by atoms with Gasteiger partial charge in [-0.15, -0.1) is 0 Å². The second-order valence-corrected chi connectivity index (χ2v) is 7.15. The van der Waals surface area contributed by atoms with Gasteiger partial charge >= 0.3 is 0 Å². The van der Waals surface area contributed by atoms with Crippen LogP contribution in [0.5, 0.6) is 0 Å². The number of nitrogens with one attached hydrogen (secondary N) is 1. The molecule has 0 aliphatic heterocycles. The van der Waals surface area contributed by atoms with Gasteiger partial charge in [0.25, 0.3) is 0 Å². The smallest absolute Gasteiger partial charge is 0.176 e. The first-order valence-corrected chi connectivity index (χ1v) is 8.56. The van der Waals surface area contributed by atoms with Gasteiger partial charge in [-0.3, -0.25) is 0 Å². The standard InChI is InChI=1S/C14H15N5S2/c1-9-16-14(21-18-9)20-13-11(8-15-10-5-6-10)19-7-3-2-4-12(19)17-13/h2-4,7,10,15H,5-6,8H2,1H3. The van der Waals surface area contributed by atoms with Gasteiger partial charge in [0.15, 0.2) is 4.34 Å². The van der Waals surface area contributed by atoms with Gasteiger partial charge in [-0.05, 0) is 55.2 Å².